The number of benzene rings is 1. The van der Waals surface area contributed by atoms with Gasteiger partial charge in [0.05, 0.1) is 6.54 Å². The number of guanidine groups is 1. The lowest BCUT2D eigenvalue weighted by molar-refractivity contribution is 0.598. The van der Waals surface area contributed by atoms with Gasteiger partial charge in [-0.05, 0) is 37.5 Å². The van der Waals surface area contributed by atoms with Gasteiger partial charge < -0.3 is 15.2 Å². The Morgan fingerprint density at radius 3 is 2.67 bits per heavy atom. The predicted molar refractivity (Wildman–Crippen MR) is 98.5 cm³/mol. The van der Waals surface area contributed by atoms with Crippen LogP contribution in [0.2, 0.25) is 10.0 Å². The van der Waals surface area contributed by atoms with E-state index in [2.05, 4.69) is 25.8 Å². The minimum absolute atomic E-state index is 0.506. The molecule has 130 valence electrons. The van der Waals surface area contributed by atoms with Crippen LogP contribution < -0.4 is 10.6 Å². The molecule has 2 N–H and O–H groups in total. The van der Waals surface area contributed by atoms with Crippen molar-refractivity contribution in [2.24, 2.45) is 4.99 Å². The lowest BCUT2D eigenvalue weighted by Crippen LogP contribution is -2.37. The van der Waals surface area contributed by atoms with Crippen molar-refractivity contribution in [3.05, 3.63) is 46.5 Å². The van der Waals surface area contributed by atoms with Crippen LogP contribution in [-0.4, -0.2) is 33.8 Å². The molecular formula is C16H22Cl2N6. The number of nitrogens with one attached hydrogen (secondary N) is 2. The van der Waals surface area contributed by atoms with E-state index in [1.165, 1.54) is 0 Å². The Morgan fingerprint density at radius 2 is 1.96 bits per heavy atom. The van der Waals surface area contributed by atoms with Crippen molar-refractivity contribution < 1.29 is 0 Å². The normalized spacial score (nSPS) is 11.5. The molecule has 1 heterocycles. The predicted octanol–water partition coefficient (Wildman–Crippen LogP) is 3.12. The maximum absolute atomic E-state index is 6.18. The summed E-state index contributed by atoms with van der Waals surface area (Å²) >= 11 is 12.1. The van der Waals surface area contributed by atoms with Crippen molar-refractivity contribution in [1.82, 2.24) is 25.4 Å². The Kier molecular flexibility index (Phi) is 7.85. The highest BCUT2D eigenvalue weighted by Gasteiger charge is 2.02. The van der Waals surface area contributed by atoms with Crippen molar-refractivity contribution in [1.29, 1.82) is 0 Å². The van der Waals surface area contributed by atoms with E-state index >= 15 is 0 Å². The standard InChI is InChI=1S/C16H22Cl2N6/c1-2-19-16(20-7-3-4-8-24-11-22-23-12-24)21-10-13-5-6-14(17)9-15(13)18/h5-6,9,11-12H,2-4,7-8,10H2,1H3,(H2,19,20,21). The Bertz CT molecular complexity index is 642. The molecule has 0 saturated carbocycles. The number of halogens is 2. The largest absolute Gasteiger partial charge is 0.357 e. The maximum Gasteiger partial charge on any atom is 0.191 e. The van der Waals surface area contributed by atoms with E-state index in [0.29, 0.717) is 16.6 Å². The van der Waals surface area contributed by atoms with Crippen LogP contribution in [0.5, 0.6) is 0 Å². The second kappa shape index (κ2) is 10.2. The number of rotatable bonds is 8. The fourth-order valence-electron chi connectivity index (χ4n) is 2.12. The molecule has 1 aromatic heterocycles. The lowest BCUT2D eigenvalue weighted by atomic mass is 10.2. The molecular weight excluding hydrogens is 347 g/mol. The van der Waals surface area contributed by atoms with Gasteiger partial charge in [-0.1, -0.05) is 29.3 Å². The number of aliphatic imine (C=N–C) groups is 1. The number of nitrogens with zero attached hydrogens (tertiary/aromatic N) is 4. The molecule has 24 heavy (non-hydrogen) atoms. The van der Waals surface area contributed by atoms with E-state index in [9.17, 15) is 0 Å². The van der Waals surface area contributed by atoms with E-state index in [0.717, 1.165) is 44.0 Å². The number of unbranched alkanes of at least 4 members (excludes halogenated alkanes) is 1. The van der Waals surface area contributed by atoms with E-state index in [4.69, 9.17) is 23.2 Å². The van der Waals surface area contributed by atoms with Crippen LogP contribution in [0.1, 0.15) is 25.3 Å². The summed E-state index contributed by atoms with van der Waals surface area (Å²) in [5, 5.41) is 15.4. The van der Waals surface area contributed by atoms with Crippen LogP contribution in [0.4, 0.5) is 0 Å². The molecule has 8 heteroatoms. The first-order valence-corrected chi connectivity index (χ1v) is 8.73. The van der Waals surface area contributed by atoms with E-state index in [1.807, 2.05) is 23.6 Å². The lowest BCUT2D eigenvalue weighted by Gasteiger charge is -2.11. The van der Waals surface area contributed by atoms with Gasteiger partial charge in [0.15, 0.2) is 5.96 Å². The third-order valence-electron chi connectivity index (χ3n) is 3.37. The zero-order valence-corrected chi connectivity index (χ0v) is 15.2. The minimum atomic E-state index is 0.506. The van der Waals surface area contributed by atoms with Gasteiger partial charge in [-0.3, -0.25) is 0 Å². The molecule has 0 saturated heterocycles. The summed E-state index contributed by atoms with van der Waals surface area (Å²) in [5.41, 5.74) is 0.950. The van der Waals surface area contributed by atoms with Gasteiger partial charge in [0.1, 0.15) is 12.7 Å². The summed E-state index contributed by atoms with van der Waals surface area (Å²) in [6, 6.07) is 5.46. The summed E-state index contributed by atoms with van der Waals surface area (Å²) in [7, 11) is 0. The molecule has 0 aliphatic rings. The zero-order valence-electron chi connectivity index (χ0n) is 13.7. The summed E-state index contributed by atoms with van der Waals surface area (Å²) in [6.07, 6.45) is 5.54. The monoisotopic (exact) mass is 368 g/mol. The summed E-state index contributed by atoms with van der Waals surface area (Å²) < 4.78 is 1.97. The van der Waals surface area contributed by atoms with Crippen molar-refractivity contribution in [2.45, 2.75) is 32.9 Å². The number of aromatic nitrogens is 3. The molecule has 0 amide bonds. The molecule has 0 fully saturated rings. The fraction of sp³-hybridized carbons (Fsp3) is 0.438. The van der Waals surface area contributed by atoms with Crippen LogP contribution in [0.25, 0.3) is 0 Å². The first-order valence-electron chi connectivity index (χ1n) is 7.97. The van der Waals surface area contributed by atoms with Gasteiger partial charge in [-0.15, -0.1) is 10.2 Å². The molecule has 0 spiro atoms. The quantitative estimate of drug-likeness (QED) is 0.426. The fourth-order valence-corrected chi connectivity index (χ4v) is 2.59. The van der Waals surface area contributed by atoms with Crippen molar-refractivity contribution in [3.8, 4) is 0 Å². The van der Waals surface area contributed by atoms with Crippen LogP contribution in [-0.2, 0) is 13.1 Å². The second-order valence-corrected chi connectivity index (χ2v) is 6.11. The molecule has 1 aromatic carbocycles. The molecule has 0 radical (unpaired) electrons. The average Bonchev–Trinajstić information content (AvgIpc) is 3.07. The maximum atomic E-state index is 6.18. The Labute approximate surface area is 152 Å². The molecule has 0 aliphatic heterocycles. The summed E-state index contributed by atoms with van der Waals surface area (Å²) in [4.78, 5) is 4.56. The molecule has 6 nitrogen and oxygen atoms in total. The average molecular weight is 369 g/mol. The second-order valence-electron chi connectivity index (χ2n) is 5.26. The summed E-state index contributed by atoms with van der Waals surface area (Å²) in [5.74, 6) is 0.785. The highest BCUT2D eigenvalue weighted by molar-refractivity contribution is 6.35. The van der Waals surface area contributed by atoms with Crippen molar-refractivity contribution >= 4 is 29.2 Å². The molecule has 0 atom stereocenters. The Balaban J connectivity index is 1.77. The number of hydrogen-bond acceptors (Lipinski definition) is 3. The van der Waals surface area contributed by atoms with Gasteiger partial charge in [-0.2, -0.15) is 0 Å². The zero-order chi connectivity index (χ0) is 17.2. The van der Waals surface area contributed by atoms with Gasteiger partial charge in [0, 0.05) is 29.7 Å². The van der Waals surface area contributed by atoms with Gasteiger partial charge in [-0.25, -0.2) is 4.99 Å². The first-order chi connectivity index (χ1) is 11.7. The van der Waals surface area contributed by atoms with Gasteiger partial charge in [0.25, 0.3) is 0 Å². The molecule has 0 aliphatic carbocycles. The molecule has 0 bridgehead atoms. The third kappa shape index (κ3) is 6.37. The number of hydrogen-bond donors (Lipinski definition) is 2. The molecule has 2 aromatic rings. The van der Waals surface area contributed by atoms with E-state index in [-0.39, 0.29) is 0 Å². The third-order valence-corrected chi connectivity index (χ3v) is 3.96. The topological polar surface area (TPSA) is 67.1 Å². The van der Waals surface area contributed by atoms with Crippen molar-refractivity contribution in [2.75, 3.05) is 13.1 Å². The highest BCUT2D eigenvalue weighted by Crippen LogP contribution is 2.21. The smallest absolute Gasteiger partial charge is 0.191 e. The molecule has 0 unspecified atom stereocenters. The number of aryl methyl sites for hydroxylation is 1. The van der Waals surface area contributed by atoms with Crippen LogP contribution in [0.15, 0.2) is 35.8 Å². The van der Waals surface area contributed by atoms with E-state index < -0.39 is 0 Å². The Morgan fingerprint density at radius 1 is 1.17 bits per heavy atom. The van der Waals surface area contributed by atoms with Crippen LogP contribution in [0, 0.1) is 0 Å². The van der Waals surface area contributed by atoms with E-state index in [1.54, 1.807) is 18.7 Å². The van der Waals surface area contributed by atoms with Crippen LogP contribution in [0.3, 0.4) is 0 Å². The Hall–Kier alpha value is -1.79. The molecule has 2 rings (SSSR count). The SMILES string of the molecule is CCNC(=NCc1ccc(Cl)cc1Cl)NCCCCn1cnnc1. The van der Waals surface area contributed by atoms with Gasteiger partial charge >= 0.3 is 0 Å². The highest BCUT2D eigenvalue weighted by atomic mass is 35.5. The van der Waals surface area contributed by atoms with Gasteiger partial charge in [0.2, 0.25) is 0 Å². The minimum Gasteiger partial charge on any atom is -0.357 e. The van der Waals surface area contributed by atoms with Crippen LogP contribution >= 0.6 is 23.2 Å². The van der Waals surface area contributed by atoms with Crippen molar-refractivity contribution in [3.63, 3.8) is 0 Å². The summed E-state index contributed by atoms with van der Waals surface area (Å²) in [6.45, 7) is 5.12. The first kappa shape index (κ1) is 18.5.